The Morgan fingerprint density at radius 2 is 1.59 bits per heavy atom. The lowest BCUT2D eigenvalue weighted by Gasteiger charge is -2.47. The third-order valence-corrected chi connectivity index (χ3v) is 4.18. The predicted octanol–water partition coefficient (Wildman–Crippen LogP) is -0.208. The van der Waals surface area contributed by atoms with Gasteiger partial charge in [-0.15, -0.1) is 0 Å². The third kappa shape index (κ3) is 2.26. The first kappa shape index (κ1) is 11.3. The summed E-state index contributed by atoms with van der Waals surface area (Å²) in [7, 11) is 0. The van der Waals surface area contributed by atoms with Crippen molar-refractivity contribution in [1.82, 2.24) is 20.0 Å². The molecule has 3 heterocycles. The maximum absolute atomic E-state index is 12.1. The van der Waals surface area contributed by atoms with Gasteiger partial charge in [0.2, 0.25) is 0 Å². The maximum atomic E-state index is 12.1. The minimum absolute atomic E-state index is 0.272. The van der Waals surface area contributed by atoms with Crippen molar-refractivity contribution in [1.29, 1.82) is 0 Å². The summed E-state index contributed by atoms with van der Waals surface area (Å²) < 4.78 is 0. The van der Waals surface area contributed by atoms with Crippen LogP contribution in [0.5, 0.6) is 0 Å². The van der Waals surface area contributed by atoms with Crippen molar-refractivity contribution in [3.63, 3.8) is 0 Å². The molecule has 0 radical (unpaired) electrons. The quantitative estimate of drug-likeness (QED) is 0.687. The molecule has 0 aromatic rings. The first-order chi connectivity index (χ1) is 8.34. The van der Waals surface area contributed by atoms with Gasteiger partial charge in [0, 0.05) is 58.4 Å². The Kier molecular flexibility index (Phi) is 3.20. The first-order valence-corrected chi connectivity index (χ1v) is 6.83. The monoisotopic (exact) mass is 238 g/mol. The van der Waals surface area contributed by atoms with Gasteiger partial charge in [0.15, 0.2) is 0 Å². The van der Waals surface area contributed by atoms with Gasteiger partial charge in [0.05, 0.1) is 0 Å². The van der Waals surface area contributed by atoms with Gasteiger partial charge in [-0.05, 0) is 12.8 Å². The van der Waals surface area contributed by atoms with Crippen molar-refractivity contribution in [2.24, 2.45) is 0 Å². The van der Waals surface area contributed by atoms with E-state index in [9.17, 15) is 4.79 Å². The molecule has 3 rings (SSSR count). The topological polar surface area (TPSA) is 38.8 Å². The number of urea groups is 1. The number of amides is 2. The van der Waals surface area contributed by atoms with Gasteiger partial charge < -0.3 is 15.1 Å². The van der Waals surface area contributed by atoms with Crippen molar-refractivity contribution in [2.75, 3.05) is 52.4 Å². The number of likely N-dealkylation sites (tertiary alicyclic amines) is 2. The highest BCUT2D eigenvalue weighted by atomic mass is 16.2. The standard InChI is InChI=1S/C12H22N4O/c17-12(15-5-1-2-6-15)16-9-11(10-16)14-7-3-13-4-8-14/h11,13H,1-10H2. The van der Waals surface area contributed by atoms with Crippen LogP contribution in [0.25, 0.3) is 0 Å². The van der Waals surface area contributed by atoms with Crippen molar-refractivity contribution in [3.05, 3.63) is 0 Å². The van der Waals surface area contributed by atoms with Gasteiger partial charge >= 0.3 is 6.03 Å². The fourth-order valence-corrected chi connectivity index (χ4v) is 3.00. The van der Waals surface area contributed by atoms with E-state index in [1.54, 1.807) is 0 Å². The molecule has 0 spiro atoms. The van der Waals surface area contributed by atoms with Gasteiger partial charge in [-0.1, -0.05) is 0 Å². The Hall–Kier alpha value is -0.810. The maximum Gasteiger partial charge on any atom is 0.320 e. The van der Waals surface area contributed by atoms with Crippen molar-refractivity contribution < 1.29 is 4.79 Å². The van der Waals surface area contributed by atoms with Gasteiger partial charge in [0.25, 0.3) is 0 Å². The summed E-state index contributed by atoms with van der Waals surface area (Å²) in [6.07, 6.45) is 2.36. The minimum atomic E-state index is 0.272. The Labute approximate surface area is 103 Å². The Bertz CT molecular complexity index is 278. The lowest BCUT2D eigenvalue weighted by Crippen LogP contribution is -2.65. The zero-order chi connectivity index (χ0) is 11.7. The van der Waals surface area contributed by atoms with Crippen LogP contribution in [-0.2, 0) is 0 Å². The highest BCUT2D eigenvalue weighted by Gasteiger charge is 2.37. The molecule has 2 amide bonds. The summed E-state index contributed by atoms with van der Waals surface area (Å²) in [6, 6.07) is 0.887. The molecule has 0 aromatic heterocycles. The van der Waals surface area contributed by atoms with Crippen LogP contribution in [0.2, 0.25) is 0 Å². The fraction of sp³-hybridized carbons (Fsp3) is 0.917. The lowest BCUT2D eigenvalue weighted by atomic mass is 10.1. The molecule has 5 nitrogen and oxygen atoms in total. The van der Waals surface area contributed by atoms with Crippen LogP contribution in [0.4, 0.5) is 4.79 Å². The van der Waals surface area contributed by atoms with E-state index in [0.29, 0.717) is 6.04 Å². The summed E-state index contributed by atoms with van der Waals surface area (Å²) in [6.45, 7) is 8.27. The van der Waals surface area contributed by atoms with E-state index in [0.717, 1.165) is 52.4 Å². The molecule has 0 unspecified atom stereocenters. The van der Waals surface area contributed by atoms with Crippen molar-refractivity contribution in [2.45, 2.75) is 18.9 Å². The number of hydrogen-bond acceptors (Lipinski definition) is 3. The number of nitrogens with one attached hydrogen (secondary N) is 1. The second kappa shape index (κ2) is 4.82. The van der Waals surface area contributed by atoms with Crippen LogP contribution in [0.3, 0.4) is 0 Å². The summed E-state index contributed by atoms with van der Waals surface area (Å²) in [5.74, 6) is 0. The van der Waals surface area contributed by atoms with Crippen LogP contribution < -0.4 is 5.32 Å². The second-order valence-electron chi connectivity index (χ2n) is 5.32. The highest BCUT2D eigenvalue weighted by molar-refractivity contribution is 5.75. The molecule has 1 N–H and O–H groups in total. The molecule has 3 fully saturated rings. The molecule has 0 bridgehead atoms. The number of carbonyl (C=O) groups is 1. The van der Waals surface area contributed by atoms with E-state index in [-0.39, 0.29) is 6.03 Å². The van der Waals surface area contributed by atoms with Gasteiger partial charge in [0.1, 0.15) is 0 Å². The molecule has 17 heavy (non-hydrogen) atoms. The number of carbonyl (C=O) groups excluding carboxylic acids is 1. The van der Waals surface area contributed by atoms with E-state index < -0.39 is 0 Å². The SMILES string of the molecule is O=C(N1CCCC1)N1CC(N2CCNCC2)C1. The van der Waals surface area contributed by atoms with Crippen LogP contribution in [-0.4, -0.2) is 79.1 Å². The number of piperazine rings is 1. The molecule has 0 saturated carbocycles. The predicted molar refractivity (Wildman–Crippen MR) is 66.0 cm³/mol. The van der Waals surface area contributed by atoms with E-state index in [1.165, 1.54) is 12.8 Å². The molecule has 96 valence electrons. The molecular formula is C12H22N4O. The van der Waals surface area contributed by atoms with E-state index in [2.05, 4.69) is 10.2 Å². The summed E-state index contributed by atoms with van der Waals surface area (Å²) in [4.78, 5) is 18.6. The number of nitrogens with zero attached hydrogens (tertiary/aromatic N) is 3. The largest absolute Gasteiger partial charge is 0.325 e. The van der Waals surface area contributed by atoms with Crippen molar-refractivity contribution >= 4 is 6.03 Å². The van der Waals surface area contributed by atoms with Gasteiger partial charge in [-0.2, -0.15) is 0 Å². The second-order valence-corrected chi connectivity index (χ2v) is 5.32. The van der Waals surface area contributed by atoms with Crippen LogP contribution in [0.1, 0.15) is 12.8 Å². The lowest BCUT2D eigenvalue weighted by molar-refractivity contribution is 0.0388. The molecule has 3 aliphatic rings. The normalized spacial score (nSPS) is 27.3. The Morgan fingerprint density at radius 1 is 0.941 bits per heavy atom. The van der Waals surface area contributed by atoms with E-state index >= 15 is 0 Å². The van der Waals surface area contributed by atoms with Gasteiger partial charge in [-0.3, -0.25) is 4.90 Å². The third-order valence-electron chi connectivity index (χ3n) is 4.18. The number of rotatable bonds is 1. The van der Waals surface area contributed by atoms with Crippen LogP contribution in [0.15, 0.2) is 0 Å². The smallest absolute Gasteiger partial charge is 0.320 e. The van der Waals surface area contributed by atoms with E-state index in [4.69, 9.17) is 0 Å². The van der Waals surface area contributed by atoms with Crippen LogP contribution >= 0.6 is 0 Å². The van der Waals surface area contributed by atoms with Gasteiger partial charge in [-0.25, -0.2) is 4.79 Å². The average molecular weight is 238 g/mol. The highest BCUT2D eigenvalue weighted by Crippen LogP contribution is 2.19. The molecule has 3 aliphatic heterocycles. The summed E-state index contributed by atoms with van der Waals surface area (Å²) in [5.41, 5.74) is 0. The first-order valence-electron chi connectivity index (χ1n) is 6.83. The minimum Gasteiger partial charge on any atom is -0.325 e. The summed E-state index contributed by atoms with van der Waals surface area (Å²) >= 11 is 0. The van der Waals surface area contributed by atoms with Crippen LogP contribution in [0, 0.1) is 0 Å². The zero-order valence-corrected chi connectivity index (χ0v) is 10.4. The molecule has 0 aromatic carbocycles. The molecule has 5 heteroatoms. The molecular weight excluding hydrogens is 216 g/mol. The van der Waals surface area contributed by atoms with E-state index in [1.807, 2.05) is 9.80 Å². The summed E-state index contributed by atoms with van der Waals surface area (Å²) in [5, 5.41) is 3.37. The Morgan fingerprint density at radius 3 is 2.24 bits per heavy atom. The Balaban J connectivity index is 1.45. The molecule has 0 aliphatic carbocycles. The average Bonchev–Trinajstić information content (AvgIpc) is 2.81. The number of hydrogen-bond donors (Lipinski definition) is 1. The fourth-order valence-electron chi connectivity index (χ4n) is 3.00. The molecule has 3 saturated heterocycles. The molecule has 0 atom stereocenters. The zero-order valence-electron chi connectivity index (χ0n) is 10.4. The van der Waals surface area contributed by atoms with Crippen molar-refractivity contribution in [3.8, 4) is 0 Å².